The molecule has 1 aliphatic carbocycles. The first-order valence-electron chi connectivity index (χ1n) is 8.46. The summed E-state index contributed by atoms with van der Waals surface area (Å²) in [6.45, 7) is 2.14. The summed E-state index contributed by atoms with van der Waals surface area (Å²) in [4.78, 5) is 5.77. The molecule has 3 atom stereocenters. The van der Waals surface area contributed by atoms with Crippen LogP contribution in [0.5, 0.6) is 0 Å². The number of nitrogens with one attached hydrogen (secondary N) is 1. The van der Waals surface area contributed by atoms with Crippen LogP contribution in [0.15, 0.2) is 30.5 Å². The van der Waals surface area contributed by atoms with E-state index in [2.05, 4.69) is 34.1 Å². The van der Waals surface area contributed by atoms with E-state index in [0.717, 1.165) is 25.9 Å². The second-order valence-electron chi connectivity index (χ2n) is 6.96. The summed E-state index contributed by atoms with van der Waals surface area (Å²) >= 11 is 0. The number of aromatic nitrogens is 1. The largest absolute Gasteiger partial charge is 0.391 e. The Bertz CT molecular complexity index is 645. The van der Waals surface area contributed by atoms with Gasteiger partial charge >= 0.3 is 0 Å². The molecule has 0 bridgehead atoms. The van der Waals surface area contributed by atoms with Gasteiger partial charge in [-0.2, -0.15) is 0 Å². The summed E-state index contributed by atoms with van der Waals surface area (Å²) in [6.07, 6.45) is 5.83. The minimum Gasteiger partial charge on any atom is -0.391 e. The van der Waals surface area contributed by atoms with E-state index in [9.17, 15) is 5.11 Å². The van der Waals surface area contributed by atoms with Crippen molar-refractivity contribution in [1.82, 2.24) is 9.88 Å². The van der Waals surface area contributed by atoms with Crippen molar-refractivity contribution in [1.29, 1.82) is 0 Å². The highest BCUT2D eigenvalue weighted by Crippen LogP contribution is 2.35. The molecular weight excluding hydrogens is 274 g/mol. The lowest BCUT2D eigenvalue weighted by molar-refractivity contribution is 0.0553. The van der Waals surface area contributed by atoms with Crippen LogP contribution in [-0.2, 0) is 0 Å². The summed E-state index contributed by atoms with van der Waals surface area (Å²) in [5, 5.41) is 11.5. The van der Waals surface area contributed by atoms with Gasteiger partial charge in [-0.1, -0.05) is 12.1 Å². The number of hydrogen-bond acceptors (Lipinski definition) is 3. The molecule has 4 heteroatoms. The zero-order chi connectivity index (χ0) is 15.1. The molecule has 0 radical (unpaired) electrons. The predicted octanol–water partition coefficient (Wildman–Crippen LogP) is 2.20. The maximum atomic E-state index is 10.2. The van der Waals surface area contributed by atoms with Crippen LogP contribution < -0.4 is 5.73 Å². The van der Waals surface area contributed by atoms with E-state index in [1.54, 1.807) is 0 Å². The summed E-state index contributed by atoms with van der Waals surface area (Å²) in [5.41, 5.74) is 8.71. The molecule has 1 aromatic heterocycles. The molecule has 2 aromatic rings. The number of rotatable bonds is 2. The van der Waals surface area contributed by atoms with E-state index >= 15 is 0 Å². The molecule has 2 heterocycles. The maximum absolute atomic E-state index is 10.2. The highest BCUT2D eigenvalue weighted by Gasteiger charge is 2.36. The number of H-pyrrole nitrogens is 1. The number of likely N-dealkylation sites (tertiary alicyclic amines) is 1. The number of piperidine rings is 1. The molecule has 1 aromatic carbocycles. The number of nitrogens with zero attached hydrogens (tertiary/aromatic N) is 1. The molecule has 1 aliphatic heterocycles. The van der Waals surface area contributed by atoms with Crippen molar-refractivity contribution in [3.63, 3.8) is 0 Å². The Morgan fingerprint density at radius 3 is 2.68 bits per heavy atom. The average Bonchev–Trinajstić information content (AvgIpc) is 3.13. The Balaban J connectivity index is 1.47. The van der Waals surface area contributed by atoms with Crippen LogP contribution in [0.3, 0.4) is 0 Å². The van der Waals surface area contributed by atoms with Gasteiger partial charge in [0.25, 0.3) is 0 Å². The lowest BCUT2D eigenvalue weighted by Gasteiger charge is -2.37. The number of aliphatic hydroxyl groups is 1. The lowest BCUT2D eigenvalue weighted by atomic mass is 9.87. The number of aliphatic hydroxyl groups excluding tert-OH is 1. The smallest absolute Gasteiger partial charge is 0.0710 e. The molecular formula is C18H25N3O. The van der Waals surface area contributed by atoms with Gasteiger partial charge in [0, 0.05) is 29.2 Å². The van der Waals surface area contributed by atoms with Crippen molar-refractivity contribution in [2.45, 2.75) is 49.8 Å². The van der Waals surface area contributed by atoms with Gasteiger partial charge < -0.3 is 15.8 Å². The third-order valence-corrected chi connectivity index (χ3v) is 5.60. The van der Waals surface area contributed by atoms with E-state index in [1.165, 1.54) is 29.3 Å². The maximum Gasteiger partial charge on any atom is 0.0710 e. The monoisotopic (exact) mass is 299 g/mol. The van der Waals surface area contributed by atoms with Crippen LogP contribution in [0.4, 0.5) is 0 Å². The summed E-state index contributed by atoms with van der Waals surface area (Å²) < 4.78 is 0. The first kappa shape index (κ1) is 14.2. The third kappa shape index (κ3) is 2.45. The first-order valence-corrected chi connectivity index (χ1v) is 8.46. The van der Waals surface area contributed by atoms with E-state index in [0.29, 0.717) is 5.92 Å². The minimum absolute atomic E-state index is 0.173. The first-order chi connectivity index (χ1) is 10.7. The summed E-state index contributed by atoms with van der Waals surface area (Å²) in [6, 6.07) is 9.21. The molecule has 2 aliphatic rings. The molecule has 0 spiro atoms. The zero-order valence-electron chi connectivity index (χ0n) is 12.9. The summed E-state index contributed by atoms with van der Waals surface area (Å²) in [5.74, 6) is 0.628. The van der Waals surface area contributed by atoms with E-state index in [1.807, 2.05) is 6.20 Å². The highest BCUT2D eigenvalue weighted by molar-refractivity contribution is 5.83. The van der Waals surface area contributed by atoms with Gasteiger partial charge in [-0.25, -0.2) is 0 Å². The Kier molecular flexibility index (Phi) is 3.68. The fourth-order valence-electron chi connectivity index (χ4n) is 4.43. The molecule has 118 valence electrons. The molecule has 2 fully saturated rings. The van der Waals surface area contributed by atoms with Crippen molar-refractivity contribution >= 4 is 10.9 Å². The molecule has 4 N–H and O–H groups in total. The van der Waals surface area contributed by atoms with Crippen LogP contribution in [0.25, 0.3) is 10.9 Å². The molecule has 4 nitrogen and oxygen atoms in total. The number of hydrogen-bond donors (Lipinski definition) is 3. The molecule has 1 saturated carbocycles. The predicted molar refractivity (Wildman–Crippen MR) is 88.9 cm³/mol. The molecule has 4 rings (SSSR count). The molecule has 1 saturated heterocycles. The van der Waals surface area contributed by atoms with E-state index in [4.69, 9.17) is 5.73 Å². The SMILES string of the molecule is N[C@@H]1C[C@H](O)[C@@H](N2CCC(c3cccc4[nH]ccc34)CC2)C1. The van der Waals surface area contributed by atoms with Crippen LogP contribution in [0.2, 0.25) is 0 Å². The van der Waals surface area contributed by atoms with Crippen molar-refractivity contribution in [2.75, 3.05) is 13.1 Å². The number of aromatic amines is 1. The average molecular weight is 299 g/mol. The van der Waals surface area contributed by atoms with Gasteiger partial charge in [0.1, 0.15) is 0 Å². The van der Waals surface area contributed by atoms with Crippen molar-refractivity contribution < 1.29 is 5.11 Å². The molecule has 22 heavy (non-hydrogen) atoms. The topological polar surface area (TPSA) is 65.3 Å². The minimum atomic E-state index is -0.236. The standard InChI is InChI=1S/C18H25N3O/c19-13-10-17(18(22)11-13)21-8-5-12(6-9-21)14-2-1-3-16-15(14)4-7-20-16/h1-4,7,12-13,17-18,20,22H,5-6,8-11,19H2/t13-,17-,18-/m0/s1. The van der Waals surface area contributed by atoms with Gasteiger partial charge in [0.05, 0.1) is 6.10 Å². The van der Waals surface area contributed by atoms with E-state index in [-0.39, 0.29) is 18.2 Å². The van der Waals surface area contributed by atoms with Gasteiger partial charge in [-0.3, -0.25) is 4.90 Å². The fraction of sp³-hybridized carbons (Fsp3) is 0.556. The van der Waals surface area contributed by atoms with Gasteiger partial charge in [0.15, 0.2) is 0 Å². The van der Waals surface area contributed by atoms with Gasteiger partial charge in [-0.15, -0.1) is 0 Å². The van der Waals surface area contributed by atoms with Crippen LogP contribution in [0, 0.1) is 0 Å². The van der Waals surface area contributed by atoms with Gasteiger partial charge in [-0.05, 0) is 62.4 Å². The second kappa shape index (κ2) is 5.69. The Morgan fingerprint density at radius 1 is 1.14 bits per heavy atom. The normalized spacial score (nSPS) is 31.1. The molecule has 0 amide bonds. The van der Waals surface area contributed by atoms with Crippen molar-refractivity contribution in [3.05, 3.63) is 36.0 Å². The van der Waals surface area contributed by atoms with E-state index < -0.39 is 0 Å². The highest BCUT2D eigenvalue weighted by atomic mass is 16.3. The van der Waals surface area contributed by atoms with Crippen LogP contribution in [-0.4, -0.2) is 46.3 Å². The Hall–Kier alpha value is -1.36. The zero-order valence-corrected chi connectivity index (χ0v) is 12.9. The fourth-order valence-corrected chi connectivity index (χ4v) is 4.43. The van der Waals surface area contributed by atoms with Crippen molar-refractivity contribution in [2.24, 2.45) is 5.73 Å². The van der Waals surface area contributed by atoms with Gasteiger partial charge in [0.2, 0.25) is 0 Å². The lowest BCUT2D eigenvalue weighted by Crippen LogP contribution is -2.44. The Labute approximate surface area is 131 Å². The quantitative estimate of drug-likeness (QED) is 0.796. The molecule has 0 unspecified atom stereocenters. The number of benzene rings is 1. The van der Waals surface area contributed by atoms with Crippen LogP contribution in [0.1, 0.15) is 37.2 Å². The van der Waals surface area contributed by atoms with Crippen LogP contribution >= 0.6 is 0 Å². The number of nitrogens with two attached hydrogens (primary N) is 1. The Morgan fingerprint density at radius 2 is 1.95 bits per heavy atom. The summed E-state index contributed by atoms with van der Waals surface area (Å²) in [7, 11) is 0. The van der Waals surface area contributed by atoms with Crippen molar-refractivity contribution in [3.8, 4) is 0 Å². The third-order valence-electron chi connectivity index (χ3n) is 5.60. The second-order valence-corrected chi connectivity index (χ2v) is 6.96. The number of fused-ring (bicyclic) bond motifs is 1.